The number of nitrogens with zero attached hydrogens (tertiary/aromatic N) is 2. The van der Waals surface area contributed by atoms with E-state index in [1.165, 1.54) is 22.3 Å². The van der Waals surface area contributed by atoms with Gasteiger partial charge in [-0.15, -0.1) is 0 Å². The smallest absolute Gasteiger partial charge is 0.478 e. The summed E-state index contributed by atoms with van der Waals surface area (Å²) in [6.45, 7) is 24.9. The Kier molecular flexibility index (Phi) is 15.6. The molecule has 0 spiro atoms. The van der Waals surface area contributed by atoms with Gasteiger partial charge in [-0.2, -0.15) is 0 Å². The minimum absolute atomic E-state index is 0.204. The third-order valence-corrected chi connectivity index (χ3v) is 15.6. The maximum absolute atomic E-state index is 6.21. The van der Waals surface area contributed by atoms with Crippen molar-refractivity contribution in [3.05, 3.63) is 58.7 Å². The zero-order valence-electron chi connectivity index (χ0n) is 31.4. The van der Waals surface area contributed by atoms with Gasteiger partial charge >= 0.3 is 17.6 Å². The van der Waals surface area contributed by atoms with Crippen molar-refractivity contribution in [2.45, 2.75) is 98.8 Å². The highest BCUT2D eigenvalue weighted by molar-refractivity contribution is 6.61. The molecule has 0 unspecified atom stereocenters. The highest BCUT2D eigenvalue weighted by Crippen LogP contribution is 2.38. The Hall–Kier alpha value is -1.85. The fourth-order valence-electron chi connectivity index (χ4n) is 6.85. The maximum Gasteiger partial charge on any atom is 0.500 e. The lowest BCUT2D eigenvalue weighted by Gasteiger charge is -2.34. The molecule has 49 heavy (non-hydrogen) atoms. The van der Waals surface area contributed by atoms with Gasteiger partial charge in [0.2, 0.25) is 0 Å². The lowest BCUT2D eigenvalue weighted by Crippen LogP contribution is -2.46. The van der Waals surface area contributed by atoms with Gasteiger partial charge < -0.3 is 36.0 Å². The Balaban J connectivity index is 1.39. The summed E-state index contributed by atoms with van der Waals surface area (Å²) in [6.07, 6.45) is 1.86. The standard InChI is InChI=1S/C37H62N2O8Si2/c1-9-42-48(43-10-2,44-11-3)23-15-21-38-27-31-25-33(17-19-35(31)40-29-38)37(7,8)34-18-20-36-32(26-34)28-39(30-41-36)22-16-24-49(45-12-4,46-13-5)47-14-6/h17-20,25-26H,9-16,21-24,27-30H2,1-8H3. The van der Waals surface area contributed by atoms with Crippen molar-refractivity contribution in [3.63, 3.8) is 0 Å². The van der Waals surface area contributed by atoms with Gasteiger partial charge in [0.25, 0.3) is 0 Å². The molecule has 0 atom stereocenters. The first-order valence-electron chi connectivity index (χ1n) is 18.5. The molecule has 0 bridgehead atoms. The molecule has 10 nitrogen and oxygen atoms in total. The number of benzene rings is 2. The molecule has 4 rings (SSSR count). The first kappa shape index (κ1) is 39.9. The van der Waals surface area contributed by atoms with Crippen LogP contribution in [0.4, 0.5) is 0 Å². The number of hydrogen-bond donors (Lipinski definition) is 0. The van der Waals surface area contributed by atoms with Crippen LogP contribution >= 0.6 is 0 Å². The molecule has 2 aliphatic heterocycles. The molecule has 2 aromatic carbocycles. The predicted molar refractivity (Wildman–Crippen MR) is 197 cm³/mol. The molecule has 0 saturated carbocycles. The Labute approximate surface area is 298 Å². The van der Waals surface area contributed by atoms with Crippen molar-refractivity contribution >= 4 is 17.6 Å². The molecular formula is C37H62N2O8Si2. The molecule has 0 saturated heterocycles. The number of rotatable bonds is 22. The van der Waals surface area contributed by atoms with E-state index >= 15 is 0 Å². The van der Waals surface area contributed by atoms with Crippen LogP contribution in [-0.4, -0.2) is 93.6 Å². The van der Waals surface area contributed by atoms with E-state index in [1.807, 2.05) is 41.5 Å². The van der Waals surface area contributed by atoms with Crippen LogP contribution in [0.2, 0.25) is 12.1 Å². The van der Waals surface area contributed by atoms with Gasteiger partial charge in [0.15, 0.2) is 0 Å². The third kappa shape index (κ3) is 10.6. The van der Waals surface area contributed by atoms with Crippen LogP contribution in [0.3, 0.4) is 0 Å². The Morgan fingerprint density at radius 3 is 1.24 bits per heavy atom. The van der Waals surface area contributed by atoms with Crippen molar-refractivity contribution in [2.75, 3.05) is 66.2 Å². The summed E-state index contributed by atoms with van der Waals surface area (Å²) in [4.78, 5) is 4.72. The van der Waals surface area contributed by atoms with E-state index < -0.39 is 17.6 Å². The molecule has 276 valence electrons. The van der Waals surface area contributed by atoms with E-state index in [1.54, 1.807) is 0 Å². The first-order valence-corrected chi connectivity index (χ1v) is 22.3. The second kappa shape index (κ2) is 19.1. The molecule has 12 heteroatoms. The van der Waals surface area contributed by atoms with Crippen molar-refractivity contribution in [2.24, 2.45) is 0 Å². The first-order chi connectivity index (χ1) is 23.7. The van der Waals surface area contributed by atoms with Gasteiger partial charge in [0.1, 0.15) is 25.0 Å². The average Bonchev–Trinajstić information content (AvgIpc) is 3.08. The van der Waals surface area contributed by atoms with Crippen LogP contribution in [0.25, 0.3) is 0 Å². The molecule has 2 aromatic rings. The summed E-state index contributed by atoms with van der Waals surface area (Å²) in [5.41, 5.74) is 4.77. The Morgan fingerprint density at radius 1 is 0.571 bits per heavy atom. The van der Waals surface area contributed by atoms with Gasteiger partial charge in [-0.3, -0.25) is 9.80 Å². The van der Waals surface area contributed by atoms with Crippen molar-refractivity contribution < 1.29 is 36.0 Å². The van der Waals surface area contributed by atoms with Gasteiger partial charge in [-0.25, -0.2) is 0 Å². The van der Waals surface area contributed by atoms with E-state index in [0.717, 1.165) is 62.6 Å². The molecule has 0 aliphatic carbocycles. The minimum atomic E-state index is -2.66. The largest absolute Gasteiger partial charge is 0.500 e. The zero-order valence-corrected chi connectivity index (χ0v) is 33.4. The van der Waals surface area contributed by atoms with Crippen LogP contribution in [0.1, 0.15) is 90.5 Å². The average molecular weight is 719 g/mol. The molecule has 2 aliphatic rings. The highest BCUT2D eigenvalue weighted by Gasteiger charge is 2.41. The molecular weight excluding hydrogens is 657 g/mol. The van der Waals surface area contributed by atoms with E-state index in [9.17, 15) is 0 Å². The SMILES string of the molecule is CCO[Si](CCCN1COc2ccc(C(C)(C)c3ccc4c(c3)CN(CCC[Si](OCC)(OCC)OCC)CO4)cc2C1)(OCC)OCC. The second-order valence-electron chi connectivity index (χ2n) is 13.1. The van der Waals surface area contributed by atoms with E-state index in [0.29, 0.717) is 53.1 Å². The van der Waals surface area contributed by atoms with Crippen LogP contribution in [-0.2, 0) is 45.1 Å². The van der Waals surface area contributed by atoms with Gasteiger partial charge in [0.05, 0.1) is 0 Å². The summed E-state index contributed by atoms with van der Waals surface area (Å²) in [6, 6.07) is 15.0. The second-order valence-corrected chi connectivity index (χ2v) is 18.6. The summed E-state index contributed by atoms with van der Waals surface area (Å²) in [7, 11) is -5.31. The molecule has 0 radical (unpaired) electrons. The van der Waals surface area contributed by atoms with Gasteiger partial charge in [-0.05, 0) is 89.8 Å². The van der Waals surface area contributed by atoms with Crippen molar-refractivity contribution in [1.29, 1.82) is 0 Å². The lowest BCUT2D eigenvalue weighted by atomic mass is 9.77. The number of hydrogen-bond acceptors (Lipinski definition) is 10. The van der Waals surface area contributed by atoms with Crippen LogP contribution in [0, 0.1) is 0 Å². The summed E-state index contributed by atoms with van der Waals surface area (Å²) >= 11 is 0. The van der Waals surface area contributed by atoms with Crippen LogP contribution in [0.15, 0.2) is 36.4 Å². The van der Waals surface area contributed by atoms with E-state index in [4.69, 9.17) is 36.0 Å². The fourth-order valence-corrected chi connectivity index (χ4v) is 12.0. The van der Waals surface area contributed by atoms with Crippen LogP contribution in [0.5, 0.6) is 11.5 Å². The minimum Gasteiger partial charge on any atom is -0.478 e. The van der Waals surface area contributed by atoms with Crippen LogP contribution < -0.4 is 9.47 Å². The quantitative estimate of drug-likeness (QED) is 0.117. The monoisotopic (exact) mass is 718 g/mol. The van der Waals surface area contributed by atoms with E-state index in [-0.39, 0.29) is 5.41 Å². The highest BCUT2D eigenvalue weighted by atomic mass is 28.4. The lowest BCUT2D eigenvalue weighted by molar-refractivity contribution is 0.0648. The molecule has 2 heterocycles. The van der Waals surface area contributed by atoms with Gasteiger partial charge in [0, 0.05) is 94.5 Å². The van der Waals surface area contributed by atoms with Gasteiger partial charge in [-0.1, -0.05) is 26.0 Å². The number of ether oxygens (including phenoxy) is 2. The Morgan fingerprint density at radius 2 is 0.918 bits per heavy atom. The van der Waals surface area contributed by atoms with Crippen molar-refractivity contribution in [1.82, 2.24) is 9.80 Å². The summed E-state index contributed by atoms with van der Waals surface area (Å²) in [5.74, 6) is 1.94. The zero-order chi connectivity index (χ0) is 35.3. The molecule has 0 N–H and O–H groups in total. The van der Waals surface area contributed by atoms with Crippen molar-refractivity contribution in [3.8, 4) is 11.5 Å². The molecule has 0 amide bonds. The normalized spacial score (nSPS) is 15.8. The fraction of sp³-hybridized carbons (Fsp3) is 0.676. The topological polar surface area (TPSA) is 80.3 Å². The summed E-state index contributed by atoms with van der Waals surface area (Å²) < 4.78 is 48.8. The molecule has 0 fully saturated rings. The molecule has 0 aromatic heterocycles. The third-order valence-electron chi connectivity index (χ3n) is 9.26. The number of fused-ring (bicyclic) bond motifs is 2. The predicted octanol–water partition coefficient (Wildman–Crippen LogP) is 7.19. The Bertz CT molecular complexity index is 1170. The maximum atomic E-state index is 6.21. The summed E-state index contributed by atoms with van der Waals surface area (Å²) in [5, 5.41) is 0. The van der Waals surface area contributed by atoms with E-state index in [2.05, 4.69) is 60.0 Å².